The first-order valence-electron chi connectivity index (χ1n) is 5.55. The van der Waals surface area contributed by atoms with Crippen LogP contribution in [0.25, 0.3) is 0 Å². The van der Waals surface area contributed by atoms with Crippen molar-refractivity contribution in [2.75, 3.05) is 5.84 Å². The van der Waals surface area contributed by atoms with Crippen LogP contribution in [-0.4, -0.2) is 26.0 Å². The normalized spacial score (nSPS) is 11.5. The number of carbonyl (C=O) groups excluding carboxylic acids is 1. The van der Waals surface area contributed by atoms with E-state index in [1.807, 2.05) is 27.7 Å². The van der Waals surface area contributed by atoms with Crippen LogP contribution in [0.5, 0.6) is 0 Å². The van der Waals surface area contributed by atoms with Gasteiger partial charge in [0.1, 0.15) is 0 Å². The molecule has 0 saturated carbocycles. The highest BCUT2D eigenvalue weighted by Gasteiger charge is 2.20. The number of hydrogen-bond acceptors (Lipinski definition) is 4. The van der Waals surface area contributed by atoms with Gasteiger partial charge in [0.05, 0.1) is 0 Å². The van der Waals surface area contributed by atoms with Gasteiger partial charge in [-0.2, -0.15) is 4.68 Å². The maximum Gasteiger partial charge on any atom is 0.373 e. The van der Waals surface area contributed by atoms with Crippen molar-refractivity contribution in [3.05, 3.63) is 16.3 Å². The van der Waals surface area contributed by atoms with Gasteiger partial charge in [0.2, 0.25) is 0 Å². The fourth-order valence-electron chi connectivity index (χ4n) is 1.32. The van der Waals surface area contributed by atoms with E-state index in [0.29, 0.717) is 12.2 Å². The van der Waals surface area contributed by atoms with E-state index in [0.717, 1.165) is 15.8 Å². The molecule has 0 spiro atoms. The molecule has 0 atom stereocenters. The zero-order chi connectivity index (χ0) is 13.2. The molecule has 7 nitrogen and oxygen atoms in total. The van der Waals surface area contributed by atoms with E-state index < -0.39 is 17.3 Å². The molecule has 1 aromatic rings. The van der Waals surface area contributed by atoms with Gasteiger partial charge >= 0.3 is 11.7 Å². The number of nitrogens with zero attached hydrogens (tertiary/aromatic N) is 3. The third kappa shape index (κ3) is 3.08. The van der Waals surface area contributed by atoms with Crippen LogP contribution in [0.4, 0.5) is 4.79 Å². The van der Waals surface area contributed by atoms with Gasteiger partial charge in [0.25, 0.3) is 0 Å². The minimum absolute atomic E-state index is 0.404. The number of rotatable bonds is 2. The first-order chi connectivity index (χ1) is 7.76. The van der Waals surface area contributed by atoms with Crippen molar-refractivity contribution in [2.45, 2.75) is 46.1 Å². The summed E-state index contributed by atoms with van der Waals surface area (Å²) in [6.07, 6.45) is 1.36. The van der Waals surface area contributed by atoms with Crippen LogP contribution in [-0.2, 0) is 6.42 Å². The van der Waals surface area contributed by atoms with Crippen LogP contribution in [0.1, 0.15) is 39.9 Å². The van der Waals surface area contributed by atoms with Crippen molar-refractivity contribution in [2.24, 2.45) is 0 Å². The summed E-state index contributed by atoms with van der Waals surface area (Å²) in [5, 5.41) is 6.56. The van der Waals surface area contributed by atoms with Gasteiger partial charge in [0, 0.05) is 12.0 Å². The molecule has 0 unspecified atom stereocenters. The molecule has 0 aliphatic heterocycles. The maximum absolute atomic E-state index is 11.8. The SMILES string of the molecule is CCCc1nn(C(=O)NC(C)(C)C)c(=O)n1N. The molecule has 0 aliphatic carbocycles. The van der Waals surface area contributed by atoms with Crippen molar-refractivity contribution in [3.63, 3.8) is 0 Å². The maximum atomic E-state index is 11.8. The summed E-state index contributed by atoms with van der Waals surface area (Å²) in [6.45, 7) is 7.41. The van der Waals surface area contributed by atoms with Gasteiger partial charge in [-0.05, 0) is 27.2 Å². The Morgan fingerprint density at radius 2 is 2.06 bits per heavy atom. The largest absolute Gasteiger partial charge is 0.373 e. The lowest BCUT2D eigenvalue weighted by Crippen LogP contribution is -2.47. The zero-order valence-corrected chi connectivity index (χ0v) is 10.6. The monoisotopic (exact) mass is 241 g/mol. The molecule has 96 valence electrons. The molecule has 1 aromatic heterocycles. The summed E-state index contributed by atoms with van der Waals surface area (Å²) in [5.74, 6) is 5.94. The summed E-state index contributed by atoms with van der Waals surface area (Å²) in [4.78, 5) is 23.4. The molecule has 3 N–H and O–H groups in total. The number of aryl methyl sites for hydroxylation is 1. The third-order valence-electron chi connectivity index (χ3n) is 2.03. The molecule has 1 amide bonds. The van der Waals surface area contributed by atoms with Crippen LogP contribution in [0.2, 0.25) is 0 Å². The Balaban J connectivity index is 3.03. The quantitative estimate of drug-likeness (QED) is 0.716. The Morgan fingerprint density at radius 3 is 2.53 bits per heavy atom. The number of aromatic nitrogens is 3. The predicted octanol–water partition coefficient (Wildman–Crippen LogP) is 0.0673. The molecule has 0 fully saturated rings. The van der Waals surface area contributed by atoms with Crippen molar-refractivity contribution < 1.29 is 4.79 Å². The van der Waals surface area contributed by atoms with Crippen molar-refractivity contribution in [1.82, 2.24) is 19.8 Å². The van der Waals surface area contributed by atoms with E-state index >= 15 is 0 Å². The van der Waals surface area contributed by atoms with Crippen LogP contribution in [0.3, 0.4) is 0 Å². The summed E-state index contributed by atoms with van der Waals surface area (Å²) in [5.41, 5.74) is -1.06. The molecule has 17 heavy (non-hydrogen) atoms. The average molecular weight is 241 g/mol. The van der Waals surface area contributed by atoms with E-state index in [2.05, 4.69) is 10.4 Å². The fraction of sp³-hybridized carbons (Fsp3) is 0.700. The van der Waals surface area contributed by atoms with E-state index in [1.54, 1.807) is 0 Å². The second-order valence-electron chi connectivity index (χ2n) is 4.91. The zero-order valence-electron chi connectivity index (χ0n) is 10.6. The highest BCUT2D eigenvalue weighted by molar-refractivity contribution is 5.76. The molecule has 1 heterocycles. The van der Waals surface area contributed by atoms with Crippen LogP contribution in [0, 0.1) is 0 Å². The Kier molecular flexibility index (Phi) is 3.59. The first-order valence-corrected chi connectivity index (χ1v) is 5.55. The molecular weight excluding hydrogens is 222 g/mol. The molecule has 0 bridgehead atoms. The minimum Gasteiger partial charge on any atom is -0.333 e. The second kappa shape index (κ2) is 4.60. The number of nitrogens with two attached hydrogens (primary N) is 1. The Hall–Kier alpha value is -1.79. The molecule has 0 saturated heterocycles. The summed E-state index contributed by atoms with van der Waals surface area (Å²) in [6, 6.07) is -0.566. The minimum atomic E-state index is -0.629. The second-order valence-corrected chi connectivity index (χ2v) is 4.91. The highest BCUT2D eigenvalue weighted by atomic mass is 16.2. The number of nitrogen functional groups attached to an aromatic ring is 1. The number of nitrogens with one attached hydrogen (secondary N) is 1. The standard InChI is InChI=1S/C10H19N5O2/c1-5-6-7-13-15(9(17)14(7)11)8(16)12-10(2,3)4/h5-6,11H2,1-4H3,(H,12,16). The fourth-order valence-corrected chi connectivity index (χ4v) is 1.32. The van der Waals surface area contributed by atoms with Gasteiger partial charge in [-0.15, -0.1) is 9.78 Å². The van der Waals surface area contributed by atoms with E-state index in [9.17, 15) is 9.59 Å². The number of carbonyl (C=O) groups is 1. The molecular formula is C10H19N5O2. The number of amides is 1. The lowest BCUT2D eigenvalue weighted by molar-refractivity contribution is 0.229. The summed E-state index contributed by atoms with van der Waals surface area (Å²) >= 11 is 0. The van der Waals surface area contributed by atoms with Crippen LogP contribution in [0.15, 0.2) is 4.79 Å². The van der Waals surface area contributed by atoms with Gasteiger partial charge in [-0.1, -0.05) is 6.92 Å². The molecule has 0 aromatic carbocycles. The van der Waals surface area contributed by atoms with Gasteiger partial charge < -0.3 is 11.2 Å². The van der Waals surface area contributed by atoms with E-state index in [1.165, 1.54) is 0 Å². The first kappa shape index (κ1) is 13.3. The summed E-state index contributed by atoms with van der Waals surface area (Å²) in [7, 11) is 0. The third-order valence-corrected chi connectivity index (χ3v) is 2.03. The molecule has 0 aliphatic rings. The van der Waals surface area contributed by atoms with Crippen molar-refractivity contribution in [1.29, 1.82) is 0 Å². The Bertz CT molecular complexity index is 466. The molecule has 0 radical (unpaired) electrons. The van der Waals surface area contributed by atoms with Crippen molar-refractivity contribution >= 4 is 6.03 Å². The predicted molar refractivity (Wildman–Crippen MR) is 64.3 cm³/mol. The Labute approximate surface area is 99.6 Å². The van der Waals surface area contributed by atoms with Crippen molar-refractivity contribution in [3.8, 4) is 0 Å². The van der Waals surface area contributed by atoms with Crippen LogP contribution < -0.4 is 16.8 Å². The van der Waals surface area contributed by atoms with Gasteiger partial charge in [0.15, 0.2) is 5.82 Å². The molecule has 1 rings (SSSR count). The van der Waals surface area contributed by atoms with E-state index in [-0.39, 0.29) is 0 Å². The van der Waals surface area contributed by atoms with E-state index in [4.69, 9.17) is 5.84 Å². The average Bonchev–Trinajstić information content (AvgIpc) is 2.44. The van der Waals surface area contributed by atoms with Crippen LogP contribution >= 0.6 is 0 Å². The Morgan fingerprint density at radius 1 is 1.47 bits per heavy atom. The lowest BCUT2D eigenvalue weighted by Gasteiger charge is -2.19. The lowest BCUT2D eigenvalue weighted by atomic mass is 10.1. The smallest absolute Gasteiger partial charge is 0.333 e. The van der Waals surface area contributed by atoms with Gasteiger partial charge in [-0.25, -0.2) is 9.59 Å². The molecule has 7 heteroatoms. The van der Waals surface area contributed by atoms with Gasteiger partial charge in [-0.3, -0.25) is 0 Å². The topological polar surface area (TPSA) is 94.9 Å². The number of hydrogen-bond donors (Lipinski definition) is 2. The highest BCUT2D eigenvalue weighted by Crippen LogP contribution is 1.99. The summed E-state index contributed by atoms with van der Waals surface area (Å²) < 4.78 is 1.67.